The Labute approximate surface area is 134 Å². The molecule has 4 heteroatoms. The number of likely N-dealkylation sites (N-methyl/N-ethyl adjacent to an activating group) is 1. The Kier molecular flexibility index (Phi) is 4.67. The number of nitrogens with zero attached hydrogens (tertiary/aromatic N) is 1. The monoisotopic (exact) mass is 350 g/mol. The van der Waals surface area contributed by atoms with Gasteiger partial charge in [0.05, 0.1) is 6.04 Å². The first-order valence-electron chi connectivity index (χ1n) is 7.83. The van der Waals surface area contributed by atoms with Crippen LogP contribution in [-0.4, -0.2) is 30.6 Å². The Morgan fingerprint density at radius 3 is 3.10 bits per heavy atom. The topological polar surface area (TPSA) is 28.4 Å². The molecular weight excluding hydrogens is 328 g/mol. The molecule has 0 amide bonds. The van der Waals surface area contributed by atoms with Gasteiger partial charge in [-0.2, -0.15) is 0 Å². The minimum atomic E-state index is 0.248. The highest BCUT2D eigenvalue weighted by atomic mass is 79.9. The van der Waals surface area contributed by atoms with Crippen LogP contribution in [0, 0.1) is 0 Å². The number of halogens is 1. The van der Waals surface area contributed by atoms with E-state index in [1.807, 2.05) is 12.1 Å². The van der Waals surface area contributed by atoms with Crippen molar-refractivity contribution < 1.29 is 4.42 Å². The van der Waals surface area contributed by atoms with Crippen molar-refractivity contribution in [1.82, 2.24) is 10.2 Å². The molecule has 3 rings (SSSR count). The summed E-state index contributed by atoms with van der Waals surface area (Å²) in [6, 6.07) is 9.11. The van der Waals surface area contributed by atoms with Gasteiger partial charge in [0.2, 0.25) is 0 Å². The van der Waals surface area contributed by atoms with Crippen molar-refractivity contribution in [3.63, 3.8) is 0 Å². The smallest absolute Gasteiger partial charge is 0.134 e. The highest BCUT2D eigenvalue weighted by molar-refractivity contribution is 9.10. The van der Waals surface area contributed by atoms with Crippen LogP contribution in [0.2, 0.25) is 0 Å². The fourth-order valence-corrected chi connectivity index (χ4v) is 3.54. The Morgan fingerprint density at radius 2 is 2.29 bits per heavy atom. The number of piperidine rings is 1. The molecule has 1 aromatic heterocycles. The number of nitrogens with one attached hydrogen (secondary N) is 1. The van der Waals surface area contributed by atoms with Crippen molar-refractivity contribution in [2.24, 2.45) is 0 Å². The predicted molar refractivity (Wildman–Crippen MR) is 90.6 cm³/mol. The molecule has 1 N–H and O–H groups in total. The fourth-order valence-electron chi connectivity index (χ4n) is 3.16. The van der Waals surface area contributed by atoms with Gasteiger partial charge in [0, 0.05) is 22.4 Å². The van der Waals surface area contributed by atoms with Crippen LogP contribution in [0.25, 0.3) is 11.0 Å². The van der Waals surface area contributed by atoms with Crippen LogP contribution in [-0.2, 0) is 0 Å². The van der Waals surface area contributed by atoms with Crippen molar-refractivity contribution >= 4 is 26.9 Å². The quantitative estimate of drug-likeness (QED) is 0.889. The van der Waals surface area contributed by atoms with Gasteiger partial charge in [-0.25, -0.2) is 0 Å². The lowest BCUT2D eigenvalue weighted by Gasteiger charge is -2.33. The van der Waals surface area contributed by atoms with Crippen molar-refractivity contribution in [2.45, 2.75) is 38.8 Å². The third-order valence-corrected chi connectivity index (χ3v) is 4.86. The Bertz CT molecular complexity index is 610. The van der Waals surface area contributed by atoms with Crippen LogP contribution in [0.4, 0.5) is 0 Å². The SMILES string of the molecule is CCN1CCCC(NC(C)c2cc3cc(Br)ccc3o2)C1. The lowest BCUT2D eigenvalue weighted by molar-refractivity contribution is 0.189. The lowest BCUT2D eigenvalue weighted by atomic mass is 10.0. The molecule has 114 valence electrons. The van der Waals surface area contributed by atoms with E-state index >= 15 is 0 Å². The summed E-state index contributed by atoms with van der Waals surface area (Å²) in [5.41, 5.74) is 0.959. The molecule has 1 fully saturated rings. The summed E-state index contributed by atoms with van der Waals surface area (Å²) >= 11 is 3.51. The molecule has 0 radical (unpaired) electrons. The maximum Gasteiger partial charge on any atom is 0.134 e. The van der Waals surface area contributed by atoms with Gasteiger partial charge < -0.3 is 14.6 Å². The number of furan rings is 1. The molecule has 0 aliphatic carbocycles. The highest BCUT2D eigenvalue weighted by Crippen LogP contribution is 2.27. The molecule has 1 aliphatic heterocycles. The Morgan fingerprint density at radius 1 is 1.43 bits per heavy atom. The average molecular weight is 351 g/mol. The summed E-state index contributed by atoms with van der Waals surface area (Å²) in [5, 5.41) is 4.89. The molecule has 21 heavy (non-hydrogen) atoms. The number of likely N-dealkylation sites (tertiary alicyclic amines) is 1. The van der Waals surface area contributed by atoms with Crippen molar-refractivity contribution in [1.29, 1.82) is 0 Å². The predicted octanol–water partition coefficient (Wildman–Crippen LogP) is 4.33. The van der Waals surface area contributed by atoms with E-state index in [0.29, 0.717) is 6.04 Å². The summed E-state index contributed by atoms with van der Waals surface area (Å²) in [4.78, 5) is 2.52. The van der Waals surface area contributed by atoms with Crippen molar-refractivity contribution in [3.05, 3.63) is 34.5 Å². The summed E-state index contributed by atoms with van der Waals surface area (Å²) in [5.74, 6) is 1.02. The van der Waals surface area contributed by atoms with Crippen molar-refractivity contribution in [3.8, 4) is 0 Å². The van der Waals surface area contributed by atoms with Gasteiger partial charge in [-0.1, -0.05) is 22.9 Å². The van der Waals surface area contributed by atoms with E-state index in [1.54, 1.807) is 0 Å². The van der Waals surface area contributed by atoms with Gasteiger partial charge in [-0.05, 0) is 57.1 Å². The molecule has 1 aliphatic rings. The molecule has 2 atom stereocenters. The molecule has 2 heterocycles. The third-order valence-electron chi connectivity index (χ3n) is 4.36. The summed E-state index contributed by atoms with van der Waals surface area (Å²) in [6.45, 7) is 7.96. The molecule has 1 aromatic carbocycles. The number of rotatable bonds is 4. The molecule has 1 saturated heterocycles. The van der Waals surface area contributed by atoms with Crippen LogP contribution in [0.5, 0.6) is 0 Å². The van der Waals surface area contributed by atoms with Crippen LogP contribution >= 0.6 is 15.9 Å². The molecule has 3 nitrogen and oxygen atoms in total. The number of benzene rings is 1. The summed E-state index contributed by atoms with van der Waals surface area (Å²) in [7, 11) is 0. The maximum atomic E-state index is 5.98. The van der Waals surface area contributed by atoms with Crippen molar-refractivity contribution in [2.75, 3.05) is 19.6 Å². The average Bonchev–Trinajstić information content (AvgIpc) is 2.90. The van der Waals surface area contributed by atoms with E-state index < -0.39 is 0 Å². The zero-order valence-corrected chi connectivity index (χ0v) is 14.3. The maximum absolute atomic E-state index is 5.98. The number of hydrogen-bond donors (Lipinski definition) is 1. The van der Waals surface area contributed by atoms with E-state index in [1.165, 1.54) is 19.4 Å². The molecule has 0 bridgehead atoms. The Hall–Kier alpha value is -0.840. The normalized spacial score (nSPS) is 21.8. The van der Waals surface area contributed by atoms with E-state index in [9.17, 15) is 0 Å². The summed E-state index contributed by atoms with van der Waals surface area (Å²) < 4.78 is 7.07. The van der Waals surface area contributed by atoms with Gasteiger partial charge in [0.15, 0.2) is 0 Å². The van der Waals surface area contributed by atoms with E-state index in [2.05, 4.69) is 52.1 Å². The first kappa shape index (κ1) is 15.1. The Balaban J connectivity index is 1.70. The second-order valence-electron chi connectivity index (χ2n) is 5.95. The standard InChI is InChI=1S/C17H23BrN2O/c1-3-20-8-4-5-15(11-20)19-12(2)17-10-13-9-14(18)6-7-16(13)21-17/h6-7,9-10,12,15,19H,3-5,8,11H2,1-2H3. The minimum Gasteiger partial charge on any atom is -0.459 e. The first-order chi connectivity index (χ1) is 10.2. The van der Waals surface area contributed by atoms with Gasteiger partial charge in [-0.15, -0.1) is 0 Å². The van der Waals surface area contributed by atoms with Gasteiger partial charge >= 0.3 is 0 Å². The second-order valence-corrected chi connectivity index (χ2v) is 6.87. The van der Waals surface area contributed by atoms with Crippen LogP contribution in [0.1, 0.15) is 38.5 Å². The number of fused-ring (bicyclic) bond motifs is 1. The molecular formula is C17H23BrN2O. The van der Waals surface area contributed by atoms with E-state index in [0.717, 1.165) is 34.3 Å². The van der Waals surface area contributed by atoms with E-state index in [4.69, 9.17) is 4.42 Å². The van der Waals surface area contributed by atoms with Crippen LogP contribution in [0.15, 0.2) is 33.2 Å². The van der Waals surface area contributed by atoms with Crippen LogP contribution < -0.4 is 5.32 Å². The van der Waals surface area contributed by atoms with Gasteiger partial charge in [-0.3, -0.25) is 0 Å². The molecule has 2 unspecified atom stereocenters. The van der Waals surface area contributed by atoms with Gasteiger partial charge in [0.25, 0.3) is 0 Å². The molecule has 0 spiro atoms. The minimum absolute atomic E-state index is 0.248. The van der Waals surface area contributed by atoms with Gasteiger partial charge in [0.1, 0.15) is 11.3 Å². The molecule has 0 saturated carbocycles. The second kappa shape index (κ2) is 6.51. The first-order valence-corrected chi connectivity index (χ1v) is 8.62. The zero-order valence-electron chi connectivity index (χ0n) is 12.7. The van der Waals surface area contributed by atoms with E-state index in [-0.39, 0.29) is 6.04 Å². The zero-order chi connectivity index (χ0) is 14.8. The number of hydrogen-bond acceptors (Lipinski definition) is 3. The highest BCUT2D eigenvalue weighted by Gasteiger charge is 2.21. The summed E-state index contributed by atoms with van der Waals surface area (Å²) in [6.07, 6.45) is 2.54. The lowest BCUT2D eigenvalue weighted by Crippen LogP contribution is -2.46. The van der Waals surface area contributed by atoms with Crippen LogP contribution in [0.3, 0.4) is 0 Å². The fraction of sp³-hybridized carbons (Fsp3) is 0.529. The largest absolute Gasteiger partial charge is 0.459 e. The third kappa shape index (κ3) is 3.50. The molecule has 2 aromatic rings.